The summed E-state index contributed by atoms with van der Waals surface area (Å²) in [4.78, 5) is 11.2. The van der Waals surface area contributed by atoms with Gasteiger partial charge in [0.2, 0.25) is 0 Å². The third-order valence-corrected chi connectivity index (χ3v) is 4.48. The number of nitrogens with two attached hydrogens (primary N) is 1. The second-order valence-corrected chi connectivity index (χ2v) is 5.82. The first kappa shape index (κ1) is 10.9. The van der Waals surface area contributed by atoms with Gasteiger partial charge in [0.25, 0.3) is 0 Å². The molecule has 15 heavy (non-hydrogen) atoms. The molecule has 4 unspecified atom stereocenters. The van der Waals surface area contributed by atoms with Crippen LogP contribution in [0, 0.1) is 23.2 Å². The van der Waals surface area contributed by atoms with Crippen LogP contribution in [0.4, 0.5) is 0 Å². The van der Waals surface area contributed by atoms with Gasteiger partial charge < -0.3 is 10.8 Å². The van der Waals surface area contributed by atoms with Crippen LogP contribution in [0.25, 0.3) is 0 Å². The van der Waals surface area contributed by atoms with Crippen molar-refractivity contribution in [3.05, 3.63) is 0 Å². The molecular formula is C12H21NO2. The zero-order valence-electron chi connectivity index (χ0n) is 9.57. The van der Waals surface area contributed by atoms with Crippen LogP contribution in [0.2, 0.25) is 0 Å². The lowest BCUT2D eigenvalue weighted by molar-refractivity contribution is -0.163. The van der Waals surface area contributed by atoms with Gasteiger partial charge in [0.1, 0.15) is 0 Å². The minimum atomic E-state index is -0.641. The van der Waals surface area contributed by atoms with E-state index in [0.717, 1.165) is 12.8 Å². The van der Waals surface area contributed by atoms with E-state index in [2.05, 4.69) is 13.8 Å². The number of carboxylic acid groups (broad SMARTS) is 1. The summed E-state index contributed by atoms with van der Waals surface area (Å²) in [6.07, 6.45) is 3.92. The maximum absolute atomic E-state index is 11.2. The van der Waals surface area contributed by atoms with Crippen molar-refractivity contribution in [3.8, 4) is 0 Å². The molecule has 2 fully saturated rings. The monoisotopic (exact) mass is 211 g/mol. The lowest BCUT2D eigenvalue weighted by Gasteiger charge is -2.57. The number of aliphatic carboxylic acids is 1. The molecule has 0 amide bonds. The van der Waals surface area contributed by atoms with E-state index in [4.69, 9.17) is 5.73 Å². The molecule has 0 aromatic carbocycles. The zero-order valence-corrected chi connectivity index (χ0v) is 9.57. The molecule has 3 nitrogen and oxygen atoms in total. The van der Waals surface area contributed by atoms with E-state index in [1.807, 2.05) is 0 Å². The number of rotatable bonds is 1. The Balaban J connectivity index is 2.19. The summed E-state index contributed by atoms with van der Waals surface area (Å²) in [6.45, 7) is 4.45. The topological polar surface area (TPSA) is 63.3 Å². The van der Waals surface area contributed by atoms with Gasteiger partial charge in [-0.05, 0) is 42.9 Å². The molecule has 0 aliphatic heterocycles. The Labute approximate surface area is 91.0 Å². The summed E-state index contributed by atoms with van der Waals surface area (Å²) < 4.78 is 0. The fourth-order valence-corrected chi connectivity index (χ4v) is 3.99. The second kappa shape index (κ2) is 3.48. The fraction of sp³-hybridized carbons (Fsp3) is 0.917. The van der Waals surface area contributed by atoms with Crippen LogP contribution in [-0.2, 0) is 4.79 Å². The summed E-state index contributed by atoms with van der Waals surface area (Å²) in [5, 5.41) is 9.19. The summed E-state index contributed by atoms with van der Waals surface area (Å²) in [7, 11) is 0. The van der Waals surface area contributed by atoms with Gasteiger partial charge in [-0.1, -0.05) is 13.8 Å². The number of carboxylic acids is 1. The van der Waals surface area contributed by atoms with Crippen LogP contribution in [0.15, 0.2) is 0 Å². The Morgan fingerprint density at radius 1 is 1.27 bits per heavy atom. The van der Waals surface area contributed by atoms with Crippen LogP contribution >= 0.6 is 0 Å². The quantitative estimate of drug-likeness (QED) is 0.696. The van der Waals surface area contributed by atoms with E-state index in [1.54, 1.807) is 0 Å². The van der Waals surface area contributed by atoms with Crippen molar-refractivity contribution in [2.45, 2.75) is 45.6 Å². The van der Waals surface area contributed by atoms with Crippen molar-refractivity contribution in [2.24, 2.45) is 28.9 Å². The molecule has 3 N–H and O–H groups in total. The van der Waals surface area contributed by atoms with Crippen LogP contribution in [-0.4, -0.2) is 17.1 Å². The molecule has 2 aliphatic rings. The Hall–Kier alpha value is -0.570. The Morgan fingerprint density at radius 3 is 2.20 bits per heavy atom. The summed E-state index contributed by atoms with van der Waals surface area (Å²) in [6, 6.07) is 0.115. The standard InChI is InChI=1S/C12H21NO2/c1-7-3-8(2)6-12(5-7)9(11(14)15)4-10(12)13/h7-10H,3-6,13H2,1-2H3,(H,14,15). The normalized spacial score (nSPS) is 50.1. The molecule has 86 valence electrons. The first-order valence-electron chi connectivity index (χ1n) is 5.94. The van der Waals surface area contributed by atoms with Gasteiger partial charge in [-0.3, -0.25) is 4.79 Å². The van der Waals surface area contributed by atoms with E-state index >= 15 is 0 Å². The smallest absolute Gasteiger partial charge is 0.307 e. The van der Waals surface area contributed by atoms with Crippen LogP contribution in [0.5, 0.6) is 0 Å². The average Bonchev–Trinajstić information content (AvgIpc) is 2.12. The van der Waals surface area contributed by atoms with E-state index in [9.17, 15) is 9.90 Å². The van der Waals surface area contributed by atoms with Crippen molar-refractivity contribution in [1.29, 1.82) is 0 Å². The predicted octanol–water partition coefficient (Wildman–Crippen LogP) is 1.86. The van der Waals surface area contributed by atoms with Gasteiger partial charge >= 0.3 is 5.97 Å². The van der Waals surface area contributed by atoms with E-state index in [1.165, 1.54) is 6.42 Å². The van der Waals surface area contributed by atoms with Gasteiger partial charge in [0, 0.05) is 6.04 Å². The van der Waals surface area contributed by atoms with Crippen LogP contribution < -0.4 is 5.73 Å². The maximum atomic E-state index is 11.2. The van der Waals surface area contributed by atoms with Crippen molar-refractivity contribution >= 4 is 5.97 Å². The van der Waals surface area contributed by atoms with Crippen molar-refractivity contribution in [2.75, 3.05) is 0 Å². The minimum Gasteiger partial charge on any atom is -0.481 e. The minimum absolute atomic E-state index is 0.0804. The molecule has 0 aromatic heterocycles. The van der Waals surface area contributed by atoms with E-state index in [0.29, 0.717) is 18.3 Å². The van der Waals surface area contributed by atoms with Gasteiger partial charge in [-0.15, -0.1) is 0 Å². The van der Waals surface area contributed by atoms with Gasteiger partial charge in [0.05, 0.1) is 5.92 Å². The predicted molar refractivity (Wildman–Crippen MR) is 58.3 cm³/mol. The van der Waals surface area contributed by atoms with Crippen molar-refractivity contribution < 1.29 is 9.90 Å². The van der Waals surface area contributed by atoms with Crippen molar-refractivity contribution in [1.82, 2.24) is 0 Å². The fourth-order valence-electron chi connectivity index (χ4n) is 3.99. The third-order valence-electron chi connectivity index (χ3n) is 4.48. The molecule has 0 heterocycles. The SMILES string of the molecule is CC1CC(C)CC2(C1)C(N)CC2C(=O)O. The first-order valence-corrected chi connectivity index (χ1v) is 5.94. The molecule has 0 aromatic rings. The van der Waals surface area contributed by atoms with E-state index < -0.39 is 5.97 Å². The lowest BCUT2D eigenvalue weighted by atomic mass is 9.48. The highest BCUT2D eigenvalue weighted by atomic mass is 16.4. The molecule has 2 aliphatic carbocycles. The summed E-state index contributed by atoms with van der Waals surface area (Å²) >= 11 is 0. The van der Waals surface area contributed by atoms with Gasteiger partial charge in [0.15, 0.2) is 0 Å². The molecule has 0 radical (unpaired) electrons. The number of hydrogen-bond donors (Lipinski definition) is 2. The Morgan fingerprint density at radius 2 is 1.80 bits per heavy atom. The lowest BCUT2D eigenvalue weighted by Crippen LogP contribution is -2.62. The molecule has 2 saturated carbocycles. The third kappa shape index (κ3) is 1.57. The largest absolute Gasteiger partial charge is 0.481 e. The van der Waals surface area contributed by atoms with Crippen LogP contribution in [0.1, 0.15) is 39.5 Å². The number of hydrogen-bond acceptors (Lipinski definition) is 2. The average molecular weight is 211 g/mol. The molecule has 4 atom stereocenters. The van der Waals surface area contributed by atoms with Gasteiger partial charge in [-0.25, -0.2) is 0 Å². The zero-order chi connectivity index (χ0) is 11.2. The molecule has 0 bridgehead atoms. The molecular weight excluding hydrogens is 190 g/mol. The highest BCUT2D eigenvalue weighted by Crippen LogP contribution is 2.57. The second-order valence-electron chi connectivity index (χ2n) is 5.82. The van der Waals surface area contributed by atoms with Crippen molar-refractivity contribution in [3.63, 3.8) is 0 Å². The highest BCUT2D eigenvalue weighted by Gasteiger charge is 2.58. The molecule has 3 heteroatoms. The first-order chi connectivity index (χ1) is 6.95. The Kier molecular flexibility index (Phi) is 2.53. The molecule has 2 rings (SSSR count). The van der Waals surface area contributed by atoms with E-state index in [-0.39, 0.29) is 17.4 Å². The Bertz CT molecular complexity index is 267. The highest BCUT2D eigenvalue weighted by molar-refractivity contribution is 5.73. The van der Waals surface area contributed by atoms with Crippen LogP contribution in [0.3, 0.4) is 0 Å². The number of carbonyl (C=O) groups is 1. The maximum Gasteiger partial charge on any atom is 0.307 e. The summed E-state index contributed by atoms with van der Waals surface area (Å²) in [5.41, 5.74) is 6.00. The van der Waals surface area contributed by atoms with Gasteiger partial charge in [-0.2, -0.15) is 0 Å². The molecule has 1 spiro atoms. The molecule has 0 saturated heterocycles. The summed E-state index contributed by atoms with van der Waals surface area (Å²) in [5.74, 6) is 0.430.